The molecule has 2 aromatic rings. The van der Waals surface area contributed by atoms with Crippen LogP contribution in [0.1, 0.15) is 28.9 Å². The first-order valence-corrected chi connectivity index (χ1v) is 7.13. The summed E-state index contributed by atoms with van der Waals surface area (Å²) in [6.07, 6.45) is 0. The number of halogens is 2. The Hall–Kier alpha value is -2.83. The van der Waals surface area contributed by atoms with Crippen LogP contribution in [-0.4, -0.2) is 24.7 Å². The number of hydrogen-bond donors (Lipinski definition) is 2. The number of hydrogen-bond acceptors (Lipinski definition) is 4. The summed E-state index contributed by atoms with van der Waals surface area (Å²) >= 11 is 0. The van der Waals surface area contributed by atoms with Gasteiger partial charge in [-0.25, -0.2) is 0 Å². The van der Waals surface area contributed by atoms with Gasteiger partial charge in [-0.1, -0.05) is 12.1 Å². The van der Waals surface area contributed by atoms with Crippen LogP contribution in [0.3, 0.4) is 0 Å². The van der Waals surface area contributed by atoms with E-state index in [0.717, 1.165) is 0 Å². The van der Waals surface area contributed by atoms with Gasteiger partial charge in [0.1, 0.15) is 17.2 Å². The molecule has 0 bridgehead atoms. The van der Waals surface area contributed by atoms with Crippen LogP contribution in [0.2, 0.25) is 0 Å². The summed E-state index contributed by atoms with van der Waals surface area (Å²) < 4.78 is 33.5. The maximum absolute atomic E-state index is 12.2. The molecule has 0 spiro atoms. The molecule has 5 nitrogen and oxygen atoms in total. The minimum absolute atomic E-state index is 0.0417. The van der Waals surface area contributed by atoms with Gasteiger partial charge in [0.2, 0.25) is 0 Å². The predicted octanol–water partition coefficient (Wildman–Crippen LogP) is 3.49. The highest BCUT2D eigenvalue weighted by atomic mass is 19.3. The van der Waals surface area contributed by atoms with E-state index in [4.69, 9.17) is 4.74 Å². The maximum atomic E-state index is 12.2. The molecule has 0 fully saturated rings. The molecule has 0 saturated carbocycles. The van der Waals surface area contributed by atoms with E-state index in [1.165, 1.54) is 31.4 Å². The molecule has 24 heavy (non-hydrogen) atoms. The Morgan fingerprint density at radius 3 is 2.29 bits per heavy atom. The lowest BCUT2D eigenvalue weighted by molar-refractivity contribution is -0.0498. The largest absolute Gasteiger partial charge is 0.507 e. The number of phenolic OH excluding ortho intramolecular Hbond substituents is 1. The monoisotopic (exact) mass is 337 g/mol. The summed E-state index contributed by atoms with van der Waals surface area (Å²) in [4.78, 5) is 12.2. The average Bonchev–Trinajstić information content (AvgIpc) is 2.54. The quantitative estimate of drug-likeness (QED) is 0.847. The Labute approximate surface area is 137 Å². The zero-order valence-electron chi connectivity index (χ0n) is 13.1. The second kappa shape index (κ2) is 7.63. The molecule has 1 unspecified atom stereocenters. The molecule has 0 radical (unpaired) electrons. The number of benzene rings is 2. The summed E-state index contributed by atoms with van der Waals surface area (Å²) in [5, 5.41) is 12.6. The van der Waals surface area contributed by atoms with Crippen molar-refractivity contribution >= 4 is 5.91 Å². The van der Waals surface area contributed by atoms with Crippen molar-refractivity contribution in [3.05, 3.63) is 53.6 Å². The molecule has 0 heterocycles. The van der Waals surface area contributed by atoms with Gasteiger partial charge in [-0.2, -0.15) is 8.78 Å². The summed E-state index contributed by atoms with van der Waals surface area (Å²) in [5.41, 5.74) is 0.818. The molecular formula is C17H17F2NO4. The summed E-state index contributed by atoms with van der Waals surface area (Å²) in [7, 11) is 1.46. The van der Waals surface area contributed by atoms with Gasteiger partial charge in [0.15, 0.2) is 0 Å². The Bertz CT molecular complexity index is 704. The summed E-state index contributed by atoms with van der Waals surface area (Å²) in [6.45, 7) is -1.15. The van der Waals surface area contributed by atoms with Crippen LogP contribution in [0.15, 0.2) is 42.5 Å². The van der Waals surface area contributed by atoms with Crippen LogP contribution in [0.25, 0.3) is 0 Å². The van der Waals surface area contributed by atoms with Crippen molar-refractivity contribution in [2.24, 2.45) is 0 Å². The summed E-state index contributed by atoms with van der Waals surface area (Å²) in [5.74, 6) is -0.179. The second-order valence-electron chi connectivity index (χ2n) is 5.03. The Balaban J connectivity index is 2.05. The number of aromatic hydroxyl groups is 1. The minimum atomic E-state index is -2.88. The normalized spacial score (nSPS) is 11.9. The number of ether oxygens (including phenoxy) is 2. The number of alkyl halides is 2. The molecule has 1 amide bonds. The third-order valence-electron chi connectivity index (χ3n) is 3.40. The highest BCUT2D eigenvalue weighted by molar-refractivity contribution is 5.97. The number of phenols is 1. The van der Waals surface area contributed by atoms with Gasteiger partial charge in [-0.3, -0.25) is 4.79 Å². The fourth-order valence-electron chi connectivity index (χ4n) is 2.13. The van der Waals surface area contributed by atoms with Crippen molar-refractivity contribution in [2.45, 2.75) is 19.6 Å². The first-order chi connectivity index (χ1) is 11.4. The van der Waals surface area contributed by atoms with Gasteiger partial charge in [0.25, 0.3) is 5.91 Å². The lowest BCUT2D eigenvalue weighted by Crippen LogP contribution is -2.26. The van der Waals surface area contributed by atoms with Crippen molar-refractivity contribution in [1.82, 2.24) is 5.32 Å². The molecule has 7 heteroatoms. The van der Waals surface area contributed by atoms with Crippen molar-refractivity contribution in [3.8, 4) is 17.2 Å². The fourth-order valence-corrected chi connectivity index (χ4v) is 2.13. The number of nitrogens with one attached hydrogen (secondary N) is 1. The summed E-state index contributed by atoms with van der Waals surface area (Å²) in [6, 6.07) is 9.93. The van der Waals surface area contributed by atoms with Crippen molar-refractivity contribution in [3.63, 3.8) is 0 Å². The molecule has 1 atom stereocenters. The molecule has 2 N–H and O–H groups in total. The van der Waals surface area contributed by atoms with E-state index in [2.05, 4.69) is 10.1 Å². The SMILES string of the molecule is COc1ccc(C(=O)NC(C)c2ccc(OC(F)F)cc2)c(O)c1. The van der Waals surface area contributed by atoms with Gasteiger partial charge < -0.3 is 19.9 Å². The van der Waals surface area contributed by atoms with E-state index in [0.29, 0.717) is 11.3 Å². The molecule has 0 aliphatic rings. The van der Waals surface area contributed by atoms with Crippen molar-refractivity contribution in [2.75, 3.05) is 7.11 Å². The molecular weight excluding hydrogens is 320 g/mol. The molecule has 2 aromatic carbocycles. The van der Waals surface area contributed by atoms with E-state index >= 15 is 0 Å². The number of rotatable bonds is 6. The van der Waals surface area contributed by atoms with Crippen LogP contribution >= 0.6 is 0 Å². The van der Waals surface area contributed by atoms with Crippen molar-refractivity contribution in [1.29, 1.82) is 0 Å². The zero-order valence-corrected chi connectivity index (χ0v) is 13.1. The topological polar surface area (TPSA) is 67.8 Å². The number of amides is 1. The Kier molecular flexibility index (Phi) is 5.57. The maximum Gasteiger partial charge on any atom is 0.387 e. The molecule has 128 valence electrons. The Morgan fingerprint density at radius 2 is 1.75 bits per heavy atom. The number of carbonyl (C=O) groups excluding carboxylic acids is 1. The molecule has 0 saturated heterocycles. The van der Waals surface area contributed by atoms with E-state index in [1.54, 1.807) is 25.1 Å². The molecule has 0 aliphatic heterocycles. The molecule has 0 aliphatic carbocycles. The average molecular weight is 337 g/mol. The van der Waals surface area contributed by atoms with Crippen LogP contribution in [0.4, 0.5) is 8.78 Å². The predicted molar refractivity (Wildman–Crippen MR) is 83.6 cm³/mol. The standard InChI is InChI=1S/C17H17F2NO4/c1-10(11-3-5-12(6-4-11)24-17(18)19)20-16(22)14-8-7-13(23-2)9-15(14)21/h3-10,17,21H,1-2H3,(H,20,22). The lowest BCUT2D eigenvalue weighted by Gasteiger charge is -2.16. The lowest BCUT2D eigenvalue weighted by atomic mass is 10.1. The number of methoxy groups -OCH3 is 1. The van der Waals surface area contributed by atoms with Crippen LogP contribution in [-0.2, 0) is 0 Å². The third kappa shape index (κ3) is 4.34. The van der Waals surface area contributed by atoms with Gasteiger partial charge in [0, 0.05) is 6.07 Å². The van der Waals surface area contributed by atoms with E-state index in [9.17, 15) is 18.7 Å². The van der Waals surface area contributed by atoms with E-state index < -0.39 is 12.5 Å². The highest BCUT2D eigenvalue weighted by Crippen LogP contribution is 2.24. The van der Waals surface area contributed by atoms with Gasteiger partial charge in [-0.05, 0) is 36.8 Å². The first kappa shape index (κ1) is 17.5. The molecule has 2 rings (SSSR count). The first-order valence-electron chi connectivity index (χ1n) is 7.13. The third-order valence-corrected chi connectivity index (χ3v) is 3.40. The van der Waals surface area contributed by atoms with Crippen LogP contribution in [0.5, 0.6) is 17.2 Å². The zero-order chi connectivity index (χ0) is 17.7. The van der Waals surface area contributed by atoms with Crippen LogP contribution < -0.4 is 14.8 Å². The molecule has 0 aromatic heterocycles. The van der Waals surface area contributed by atoms with Gasteiger partial charge in [0.05, 0.1) is 18.7 Å². The fraction of sp³-hybridized carbons (Fsp3) is 0.235. The second-order valence-corrected chi connectivity index (χ2v) is 5.03. The van der Waals surface area contributed by atoms with Gasteiger partial charge in [-0.15, -0.1) is 0 Å². The van der Waals surface area contributed by atoms with Gasteiger partial charge >= 0.3 is 6.61 Å². The van der Waals surface area contributed by atoms with Crippen molar-refractivity contribution < 1.29 is 28.2 Å². The number of carbonyl (C=O) groups is 1. The van der Waals surface area contributed by atoms with Crippen LogP contribution in [0, 0.1) is 0 Å². The smallest absolute Gasteiger partial charge is 0.387 e. The van der Waals surface area contributed by atoms with E-state index in [-0.39, 0.29) is 23.1 Å². The minimum Gasteiger partial charge on any atom is -0.507 e. The Morgan fingerprint density at radius 1 is 1.12 bits per heavy atom. The van der Waals surface area contributed by atoms with E-state index in [1.807, 2.05) is 0 Å². The highest BCUT2D eigenvalue weighted by Gasteiger charge is 2.15.